The van der Waals surface area contributed by atoms with Gasteiger partial charge < -0.3 is 10.1 Å². The number of hydrogen-bond donors (Lipinski definition) is 1. The lowest BCUT2D eigenvalue weighted by Crippen LogP contribution is -2.38. The van der Waals surface area contributed by atoms with Crippen LogP contribution in [-0.4, -0.2) is 27.5 Å². The molecule has 1 amide bonds. The molecule has 0 unspecified atom stereocenters. The fourth-order valence-corrected chi connectivity index (χ4v) is 6.09. The predicted molar refractivity (Wildman–Crippen MR) is 139 cm³/mol. The van der Waals surface area contributed by atoms with Crippen LogP contribution in [-0.2, 0) is 27.7 Å². The third kappa shape index (κ3) is 4.35. The smallest absolute Gasteiger partial charge is 0.264 e. The molecule has 0 fully saturated rings. The number of para-hydroxylation sites is 2. The van der Waals surface area contributed by atoms with Crippen molar-refractivity contribution in [3.05, 3.63) is 96.1 Å². The molecule has 1 N–H and O–H groups in total. The van der Waals surface area contributed by atoms with Crippen molar-refractivity contribution in [2.45, 2.75) is 24.7 Å². The zero-order valence-electron chi connectivity index (χ0n) is 19.4. The molecule has 178 valence electrons. The molecule has 0 bridgehead atoms. The minimum Gasteiger partial charge on any atom is -0.492 e. The molecule has 6 nitrogen and oxygen atoms in total. The van der Waals surface area contributed by atoms with Crippen LogP contribution in [0, 0.1) is 0 Å². The van der Waals surface area contributed by atoms with Gasteiger partial charge in [-0.1, -0.05) is 54.6 Å². The zero-order chi connectivity index (χ0) is 24.4. The van der Waals surface area contributed by atoms with Crippen molar-refractivity contribution in [1.82, 2.24) is 0 Å². The third-order valence-corrected chi connectivity index (χ3v) is 7.98. The number of nitrogens with one attached hydrogen (secondary N) is 1. The van der Waals surface area contributed by atoms with Gasteiger partial charge in [-0.15, -0.1) is 0 Å². The maximum absolute atomic E-state index is 13.7. The number of sulfonamides is 1. The highest BCUT2D eigenvalue weighted by Crippen LogP contribution is 2.36. The van der Waals surface area contributed by atoms with Gasteiger partial charge in [-0.2, -0.15) is 0 Å². The molecule has 4 aromatic carbocycles. The molecule has 5 rings (SSSR count). The van der Waals surface area contributed by atoms with Gasteiger partial charge in [-0.05, 0) is 66.6 Å². The summed E-state index contributed by atoms with van der Waals surface area (Å²) in [6.07, 6.45) is 1.97. The van der Waals surface area contributed by atoms with Crippen molar-refractivity contribution >= 4 is 38.1 Å². The largest absolute Gasteiger partial charge is 0.492 e. The van der Waals surface area contributed by atoms with E-state index in [9.17, 15) is 13.2 Å². The second-order valence-corrected chi connectivity index (χ2v) is 10.2. The number of nitrogens with zero attached hydrogens (tertiary/aromatic N) is 1. The lowest BCUT2D eigenvalue weighted by molar-refractivity contribution is -0.114. The molecule has 0 atom stereocenters. The van der Waals surface area contributed by atoms with E-state index in [1.807, 2.05) is 31.2 Å². The van der Waals surface area contributed by atoms with Gasteiger partial charge >= 0.3 is 0 Å². The molecule has 0 aliphatic heterocycles. The molecule has 0 spiro atoms. The Morgan fingerprint density at radius 2 is 1.60 bits per heavy atom. The van der Waals surface area contributed by atoms with Crippen molar-refractivity contribution in [3.8, 4) is 5.75 Å². The van der Waals surface area contributed by atoms with Crippen molar-refractivity contribution in [2.24, 2.45) is 0 Å². The molecular formula is C28H26N2O4S. The van der Waals surface area contributed by atoms with Crippen LogP contribution in [0.15, 0.2) is 89.8 Å². The minimum atomic E-state index is -4.04. The topological polar surface area (TPSA) is 75.7 Å². The molecule has 0 saturated carbocycles. The number of anilines is 2. The van der Waals surface area contributed by atoms with Gasteiger partial charge in [0, 0.05) is 11.1 Å². The van der Waals surface area contributed by atoms with Crippen LogP contribution in [0.3, 0.4) is 0 Å². The van der Waals surface area contributed by atoms with E-state index in [2.05, 4.69) is 11.4 Å². The fraction of sp³-hybridized carbons (Fsp3) is 0.179. The highest BCUT2D eigenvalue weighted by Gasteiger charge is 2.29. The molecule has 0 aromatic heterocycles. The second kappa shape index (κ2) is 9.43. The number of rotatable bonds is 8. The third-order valence-electron chi connectivity index (χ3n) is 6.20. The monoisotopic (exact) mass is 486 g/mol. The van der Waals surface area contributed by atoms with Crippen LogP contribution in [0.25, 0.3) is 10.8 Å². The van der Waals surface area contributed by atoms with Gasteiger partial charge in [0.25, 0.3) is 10.0 Å². The van der Waals surface area contributed by atoms with Crippen LogP contribution in [0.2, 0.25) is 0 Å². The van der Waals surface area contributed by atoms with Crippen molar-refractivity contribution in [2.75, 3.05) is 22.8 Å². The van der Waals surface area contributed by atoms with Gasteiger partial charge in [0.1, 0.15) is 12.3 Å². The average Bonchev–Trinajstić information content (AvgIpc) is 3.30. The first kappa shape index (κ1) is 22.9. The molecular weight excluding hydrogens is 460 g/mol. The van der Waals surface area contributed by atoms with Crippen molar-refractivity contribution in [3.63, 3.8) is 0 Å². The summed E-state index contributed by atoms with van der Waals surface area (Å²) in [6.45, 7) is 1.79. The average molecular weight is 487 g/mol. The van der Waals surface area contributed by atoms with Gasteiger partial charge in [-0.3, -0.25) is 9.10 Å². The molecule has 4 aromatic rings. The first-order valence-electron chi connectivity index (χ1n) is 11.6. The van der Waals surface area contributed by atoms with E-state index in [-0.39, 0.29) is 4.90 Å². The Kier molecular flexibility index (Phi) is 6.17. The Morgan fingerprint density at radius 1 is 0.886 bits per heavy atom. The van der Waals surface area contributed by atoms with Crippen LogP contribution in [0.1, 0.15) is 18.1 Å². The summed E-state index contributed by atoms with van der Waals surface area (Å²) in [6, 6.07) is 25.0. The predicted octanol–water partition coefficient (Wildman–Crippen LogP) is 5.17. The molecule has 1 aliphatic carbocycles. The normalized spacial score (nSPS) is 12.5. The summed E-state index contributed by atoms with van der Waals surface area (Å²) in [4.78, 5) is 13.4. The summed E-state index contributed by atoms with van der Waals surface area (Å²) >= 11 is 0. The Morgan fingerprint density at radius 3 is 2.37 bits per heavy atom. The van der Waals surface area contributed by atoms with E-state index in [4.69, 9.17) is 4.74 Å². The lowest BCUT2D eigenvalue weighted by Gasteiger charge is -2.26. The summed E-state index contributed by atoms with van der Waals surface area (Å²) < 4.78 is 34.2. The van der Waals surface area contributed by atoms with E-state index >= 15 is 0 Å². The Balaban J connectivity index is 1.52. The zero-order valence-corrected chi connectivity index (χ0v) is 20.2. The quantitative estimate of drug-likeness (QED) is 0.373. The van der Waals surface area contributed by atoms with E-state index in [1.54, 1.807) is 42.5 Å². The number of benzene rings is 4. The Bertz CT molecular complexity index is 1490. The number of carbonyl (C=O) groups is 1. The summed E-state index contributed by atoms with van der Waals surface area (Å²) in [5, 5.41) is 5.11. The number of amides is 1. The Hall–Kier alpha value is -3.84. The van der Waals surface area contributed by atoms with E-state index in [0.29, 0.717) is 23.7 Å². The summed E-state index contributed by atoms with van der Waals surface area (Å²) in [5.41, 5.74) is 3.53. The highest BCUT2D eigenvalue weighted by molar-refractivity contribution is 7.92. The van der Waals surface area contributed by atoms with Crippen LogP contribution >= 0.6 is 0 Å². The van der Waals surface area contributed by atoms with Gasteiger partial charge in [0.15, 0.2) is 0 Å². The van der Waals surface area contributed by atoms with E-state index in [0.717, 1.165) is 22.5 Å². The molecule has 0 saturated heterocycles. The standard InChI is InChI=1S/C28H26N2O4S/c1-2-34-26-14-7-6-13-25(26)30(35(32,33)22-10-4-3-5-11-22)19-27(31)29-24-18-17-21-16-15-20-9-8-12-23(24)28(20)21/h3-14,17-18H,2,15-16,19H2,1H3,(H,29,31). The van der Waals surface area contributed by atoms with E-state index in [1.165, 1.54) is 28.6 Å². The van der Waals surface area contributed by atoms with Crippen LogP contribution in [0.4, 0.5) is 11.4 Å². The first-order chi connectivity index (χ1) is 17.0. The SMILES string of the molecule is CCOc1ccccc1N(CC(=O)Nc1ccc2c3c(cccc13)CC2)S(=O)(=O)c1ccccc1. The molecule has 35 heavy (non-hydrogen) atoms. The maximum atomic E-state index is 13.7. The lowest BCUT2D eigenvalue weighted by atomic mass is 10.0. The van der Waals surface area contributed by atoms with Gasteiger partial charge in [0.2, 0.25) is 5.91 Å². The molecule has 0 heterocycles. The molecule has 0 radical (unpaired) electrons. The second-order valence-electron chi connectivity index (χ2n) is 8.39. The van der Waals surface area contributed by atoms with Crippen LogP contribution in [0.5, 0.6) is 5.75 Å². The molecule has 1 aliphatic rings. The fourth-order valence-electron chi connectivity index (χ4n) is 4.64. The number of ether oxygens (including phenoxy) is 1. The maximum Gasteiger partial charge on any atom is 0.264 e. The number of aryl methyl sites for hydroxylation is 2. The number of carbonyl (C=O) groups excluding carboxylic acids is 1. The van der Waals surface area contributed by atoms with Gasteiger partial charge in [0.05, 0.1) is 17.2 Å². The van der Waals surface area contributed by atoms with Crippen LogP contribution < -0.4 is 14.4 Å². The van der Waals surface area contributed by atoms with Crippen molar-refractivity contribution in [1.29, 1.82) is 0 Å². The summed E-state index contributed by atoms with van der Waals surface area (Å²) in [7, 11) is -4.04. The van der Waals surface area contributed by atoms with Gasteiger partial charge in [-0.25, -0.2) is 8.42 Å². The van der Waals surface area contributed by atoms with Crippen molar-refractivity contribution < 1.29 is 17.9 Å². The highest BCUT2D eigenvalue weighted by atomic mass is 32.2. The van der Waals surface area contributed by atoms with E-state index < -0.39 is 22.5 Å². The minimum absolute atomic E-state index is 0.101. The molecule has 7 heteroatoms. The number of hydrogen-bond acceptors (Lipinski definition) is 4. The Labute approximate surface area is 205 Å². The summed E-state index contributed by atoms with van der Waals surface area (Å²) in [5.74, 6) is -0.0397. The first-order valence-corrected chi connectivity index (χ1v) is 13.1.